The van der Waals surface area contributed by atoms with Gasteiger partial charge in [0, 0.05) is 38.7 Å². The molecule has 2 heterocycles. The van der Waals surface area contributed by atoms with Gasteiger partial charge in [0.05, 0.1) is 12.7 Å². The van der Waals surface area contributed by atoms with Crippen LogP contribution in [0.15, 0.2) is 0 Å². The average Bonchev–Trinajstić information content (AvgIpc) is 3.00. The standard InChI is InChI=1S/C15H26N4O3S/c1-10(2)14-17-18-15(23-14)13(21)16-11-4-6-19(7-5-11)8-12(20)9-22-3/h10-12,20H,4-9H2,1-3H3,(H,16,21)/t12-/m1/s1. The number of β-amino-alcohol motifs (C(OH)–C–C–N with tert-alkyl or cyclic N) is 1. The minimum atomic E-state index is -0.456. The van der Waals surface area contributed by atoms with Crippen molar-refractivity contribution in [3.63, 3.8) is 0 Å². The summed E-state index contributed by atoms with van der Waals surface area (Å²) < 4.78 is 4.94. The Morgan fingerprint density at radius 2 is 2.13 bits per heavy atom. The number of aliphatic hydroxyl groups is 1. The molecule has 0 saturated carbocycles. The molecule has 1 fully saturated rings. The number of hydrogen-bond donors (Lipinski definition) is 2. The van der Waals surface area contributed by atoms with Gasteiger partial charge < -0.3 is 20.1 Å². The monoisotopic (exact) mass is 342 g/mol. The van der Waals surface area contributed by atoms with Crippen LogP contribution in [0, 0.1) is 0 Å². The molecule has 1 aromatic heterocycles. The maximum Gasteiger partial charge on any atom is 0.282 e. The summed E-state index contributed by atoms with van der Waals surface area (Å²) in [6.07, 6.45) is 1.30. The van der Waals surface area contributed by atoms with Crippen LogP contribution in [-0.2, 0) is 4.74 Å². The van der Waals surface area contributed by atoms with Crippen LogP contribution in [0.2, 0.25) is 0 Å². The van der Waals surface area contributed by atoms with Crippen LogP contribution in [0.4, 0.5) is 0 Å². The highest BCUT2D eigenvalue weighted by Gasteiger charge is 2.24. The molecule has 8 heteroatoms. The highest BCUT2D eigenvalue weighted by atomic mass is 32.1. The first kappa shape index (κ1) is 18.3. The minimum Gasteiger partial charge on any atom is -0.389 e. The number of hydrogen-bond acceptors (Lipinski definition) is 7. The predicted octanol–water partition coefficient (Wildman–Crippen LogP) is 0.863. The number of nitrogens with zero attached hydrogens (tertiary/aromatic N) is 3. The number of carbonyl (C=O) groups excluding carboxylic acids is 1. The van der Waals surface area contributed by atoms with Gasteiger partial charge in [-0.25, -0.2) is 0 Å². The number of ether oxygens (including phenoxy) is 1. The molecule has 7 nitrogen and oxygen atoms in total. The van der Waals surface area contributed by atoms with E-state index in [1.165, 1.54) is 11.3 Å². The number of nitrogens with one attached hydrogen (secondary N) is 1. The van der Waals surface area contributed by atoms with Crippen LogP contribution >= 0.6 is 11.3 Å². The lowest BCUT2D eigenvalue weighted by Crippen LogP contribution is -2.47. The lowest BCUT2D eigenvalue weighted by Gasteiger charge is -2.33. The maximum absolute atomic E-state index is 12.2. The molecular formula is C15H26N4O3S. The fourth-order valence-corrected chi connectivity index (χ4v) is 3.36. The van der Waals surface area contributed by atoms with E-state index in [1.807, 2.05) is 13.8 Å². The van der Waals surface area contributed by atoms with Gasteiger partial charge >= 0.3 is 0 Å². The van der Waals surface area contributed by atoms with E-state index in [0.29, 0.717) is 18.2 Å². The highest BCUT2D eigenvalue weighted by molar-refractivity contribution is 7.13. The third-order valence-corrected chi connectivity index (χ3v) is 5.10. The topological polar surface area (TPSA) is 87.6 Å². The van der Waals surface area contributed by atoms with Crippen molar-refractivity contribution in [3.8, 4) is 0 Å². The molecule has 130 valence electrons. The lowest BCUT2D eigenvalue weighted by atomic mass is 10.0. The van der Waals surface area contributed by atoms with Gasteiger partial charge in [-0.3, -0.25) is 4.79 Å². The quantitative estimate of drug-likeness (QED) is 0.764. The maximum atomic E-state index is 12.2. The molecule has 0 unspecified atom stereocenters. The van der Waals surface area contributed by atoms with E-state index in [4.69, 9.17) is 4.74 Å². The number of amides is 1. The molecule has 1 aliphatic heterocycles. The molecule has 1 atom stereocenters. The van der Waals surface area contributed by atoms with Crippen LogP contribution in [0.3, 0.4) is 0 Å². The number of rotatable bonds is 7. The molecule has 1 aliphatic rings. The van der Waals surface area contributed by atoms with Gasteiger partial charge in [0.15, 0.2) is 0 Å². The SMILES string of the molecule is COC[C@H](O)CN1CCC(NC(=O)c2nnc(C(C)C)s2)CC1. The first-order valence-electron chi connectivity index (χ1n) is 8.03. The second-order valence-corrected chi connectivity index (χ2v) is 7.27. The zero-order valence-corrected chi connectivity index (χ0v) is 14.8. The van der Waals surface area contributed by atoms with Crippen LogP contribution < -0.4 is 5.32 Å². The first-order chi connectivity index (χ1) is 11.0. The minimum absolute atomic E-state index is 0.132. The van der Waals surface area contributed by atoms with Crippen molar-refractivity contribution in [2.75, 3.05) is 33.4 Å². The Morgan fingerprint density at radius 3 is 2.70 bits per heavy atom. The number of methoxy groups -OCH3 is 1. The summed E-state index contributed by atoms with van der Waals surface area (Å²) >= 11 is 1.36. The molecule has 1 saturated heterocycles. The summed E-state index contributed by atoms with van der Waals surface area (Å²) in [5.41, 5.74) is 0. The normalized spacial score (nSPS) is 18.3. The lowest BCUT2D eigenvalue weighted by molar-refractivity contribution is 0.0309. The van der Waals surface area contributed by atoms with E-state index >= 15 is 0 Å². The molecular weight excluding hydrogens is 316 g/mol. The molecule has 0 radical (unpaired) electrons. The third-order valence-electron chi connectivity index (χ3n) is 3.88. The fourth-order valence-electron chi connectivity index (χ4n) is 2.61. The van der Waals surface area contributed by atoms with E-state index in [1.54, 1.807) is 7.11 Å². The number of piperidine rings is 1. The second kappa shape index (κ2) is 8.68. The van der Waals surface area contributed by atoms with Gasteiger partial charge in [-0.15, -0.1) is 10.2 Å². The van der Waals surface area contributed by atoms with Gasteiger partial charge in [0.25, 0.3) is 5.91 Å². The smallest absolute Gasteiger partial charge is 0.282 e. The highest BCUT2D eigenvalue weighted by Crippen LogP contribution is 2.19. The molecule has 2 N–H and O–H groups in total. The zero-order valence-electron chi connectivity index (χ0n) is 14.0. The summed E-state index contributed by atoms with van der Waals surface area (Å²) in [5.74, 6) is 0.156. The Kier molecular flexibility index (Phi) is 6.88. The molecule has 0 aromatic carbocycles. The van der Waals surface area contributed by atoms with Crippen LogP contribution in [0.25, 0.3) is 0 Å². The summed E-state index contributed by atoms with van der Waals surface area (Å²) in [6.45, 7) is 6.76. The van der Waals surface area contributed by atoms with E-state index in [0.717, 1.165) is 30.9 Å². The van der Waals surface area contributed by atoms with Crippen LogP contribution in [-0.4, -0.2) is 71.6 Å². The van der Waals surface area contributed by atoms with Crippen molar-refractivity contribution in [1.29, 1.82) is 0 Å². The van der Waals surface area contributed by atoms with Crippen molar-refractivity contribution in [3.05, 3.63) is 10.0 Å². The molecule has 0 spiro atoms. The molecule has 1 amide bonds. The Morgan fingerprint density at radius 1 is 1.43 bits per heavy atom. The number of carbonyl (C=O) groups is 1. The predicted molar refractivity (Wildman–Crippen MR) is 88.8 cm³/mol. The van der Waals surface area contributed by atoms with Crippen LogP contribution in [0.1, 0.15) is 47.4 Å². The second-order valence-electron chi connectivity index (χ2n) is 6.26. The number of likely N-dealkylation sites (tertiary alicyclic amines) is 1. The van der Waals surface area contributed by atoms with Crippen molar-refractivity contribution in [2.24, 2.45) is 0 Å². The van der Waals surface area contributed by atoms with E-state index in [-0.39, 0.29) is 17.9 Å². The van der Waals surface area contributed by atoms with Crippen molar-refractivity contribution in [2.45, 2.75) is 44.8 Å². The number of aromatic nitrogens is 2. The summed E-state index contributed by atoms with van der Waals surface area (Å²) in [5, 5.41) is 22.2. The van der Waals surface area contributed by atoms with Crippen molar-refractivity contribution >= 4 is 17.2 Å². The Hall–Kier alpha value is -1.09. The molecule has 2 rings (SSSR count). The number of aliphatic hydroxyl groups excluding tert-OH is 1. The Bertz CT molecular complexity index is 501. The Balaban J connectivity index is 1.76. The summed E-state index contributed by atoms with van der Waals surface area (Å²) in [4.78, 5) is 14.4. The largest absolute Gasteiger partial charge is 0.389 e. The molecule has 1 aromatic rings. The third kappa shape index (κ3) is 5.49. The molecule has 23 heavy (non-hydrogen) atoms. The summed E-state index contributed by atoms with van der Waals surface area (Å²) in [6, 6.07) is 0.157. The van der Waals surface area contributed by atoms with Crippen LogP contribution in [0.5, 0.6) is 0 Å². The van der Waals surface area contributed by atoms with Crippen molar-refractivity contribution in [1.82, 2.24) is 20.4 Å². The Labute approximate surface area is 141 Å². The van der Waals surface area contributed by atoms with E-state index in [2.05, 4.69) is 20.4 Å². The van der Waals surface area contributed by atoms with Crippen molar-refractivity contribution < 1.29 is 14.6 Å². The molecule has 0 aliphatic carbocycles. The van der Waals surface area contributed by atoms with Gasteiger partial charge in [-0.2, -0.15) is 0 Å². The van der Waals surface area contributed by atoms with E-state index < -0.39 is 6.10 Å². The van der Waals surface area contributed by atoms with Gasteiger partial charge in [0.2, 0.25) is 5.01 Å². The average molecular weight is 342 g/mol. The molecule has 0 bridgehead atoms. The van der Waals surface area contributed by atoms with Gasteiger partial charge in [-0.05, 0) is 12.8 Å². The van der Waals surface area contributed by atoms with Gasteiger partial charge in [0.1, 0.15) is 5.01 Å². The first-order valence-corrected chi connectivity index (χ1v) is 8.84. The van der Waals surface area contributed by atoms with E-state index in [9.17, 15) is 9.90 Å². The zero-order chi connectivity index (χ0) is 16.8. The van der Waals surface area contributed by atoms with Gasteiger partial charge in [-0.1, -0.05) is 25.2 Å². The summed E-state index contributed by atoms with van der Waals surface area (Å²) in [7, 11) is 1.59. The fraction of sp³-hybridized carbons (Fsp3) is 0.800.